The molecule has 15 heavy (non-hydrogen) atoms. The van der Waals surface area contributed by atoms with Crippen LogP contribution < -0.4 is 0 Å². The Labute approximate surface area is 93.4 Å². The predicted octanol–water partition coefficient (Wildman–Crippen LogP) is 1.73. The van der Waals surface area contributed by atoms with Gasteiger partial charge in [0.2, 0.25) is 5.91 Å². The second-order valence-electron chi connectivity index (χ2n) is 5.52. The Morgan fingerprint density at radius 2 is 1.73 bits per heavy atom. The van der Waals surface area contributed by atoms with Crippen molar-refractivity contribution in [3.05, 3.63) is 0 Å². The van der Waals surface area contributed by atoms with Crippen LogP contribution in [0.4, 0.5) is 0 Å². The zero-order chi connectivity index (χ0) is 11.6. The largest absolute Gasteiger partial charge is 0.343 e. The molecule has 88 valence electrons. The molecule has 0 aromatic heterocycles. The maximum atomic E-state index is 11.2. The average Bonchev–Trinajstić information content (AvgIpc) is 2.15. The molecule has 0 aliphatic carbocycles. The van der Waals surface area contributed by atoms with Crippen LogP contribution in [0.1, 0.15) is 40.5 Å². The molecule has 1 fully saturated rings. The number of piperidine rings is 1. The van der Waals surface area contributed by atoms with Crippen molar-refractivity contribution in [2.75, 3.05) is 20.1 Å². The molecule has 1 amide bonds. The van der Waals surface area contributed by atoms with Gasteiger partial charge in [-0.2, -0.15) is 0 Å². The zero-order valence-electron chi connectivity index (χ0n) is 10.7. The lowest BCUT2D eigenvalue weighted by Crippen LogP contribution is -2.50. The smallest absolute Gasteiger partial charge is 0.219 e. The maximum Gasteiger partial charge on any atom is 0.219 e. The van der Waals surface area contributed by atoms with Crippen LogP contribution in [0.5, 0.6) is 0 Å². The van der Waals surface area contributed by atoms with E-state index in [0.717, 1.165) is 25.9 Å². The van der Waals surface area contributed by atoms with Crippen molar-refractivity contribution < 1.29 is 4.79 Å². The Kier molecular flexibility index (Phi) is 3.77. The van der Waals surface area contributed by atoms with Gasteiger partial charge in [-0.15, -0.1) is 0 Å². The second kappa shape index (κ2) is 4.52. The van der Waals surface area contributed by atoms with E-state index in [9.17, 15) is 4.79 Å². The molecule has 1 aliphatic heterocycles. The first-order chi connectivity index (χ1) is 6.82. The first-order valence-electron chi connectivity index (χ1n) is 5.81. The van der Waals surface area contributed by atoms with Crippen molar-refractivity contribution in [1.29, 1.82) is 0 Å². The first-order valence-corrected chi connectivity index (χ1v) is 5.81. The highest BCUT2D eigenvalue weighted by atomic mass is 16.2. The van der Waals surface area contributed by atoms with E-state index in [1.165, 1.54) is 0 Å². The average molecular weight is 212 g/mol. The molecule has 1 heterocycles. The molecule has 0 saturated carbocycles. The molecule has 0 aromatic carbocycles. The summed E-state index contributed by atoms with van der Waals surface area (Å²) in [6.07, 6.45) is 2.21. The van der Waals surface area contributed by atoms with E-state index in [1.807, 2.05) is 11.9 Å². The fourth-order valence-corrected chi connectivity index (χ4v) is 2.18. The van der Waals surface area contributed by atoms with Gasteiger partial charge in [-0.05, 0) is 33.6 Å². The standard InChI is InChI=1S/C12H24N2O/c1-10(15)13(5)11-6-8-14(9-7-11)12(2,3)4/h11H,6-9H2,1-5H3. The molecule has 0 aromatic rings. The molecular weight excluding hydrogens is 188 g/mol. The number of nitrogens with zero attached hydrogens (tertiary/aromatic N) is 2. The van der Waals surface area contributed by atoms with Crippen LogP contribution in [0.2, 0.25) is 0 Å². The van der Waals surface area contributed by atoms with Crippen LogP contribution in [0.15, 0.2) is 0 Å². The molecular formula is C12H24N2O. The van der Waals surface area contributed by atoms with Gasteiger partial charge >= 0.3 is 0 Å². The van der Waals surface area contributed by atoms with E-state index in [2.05, 4.69) is 25.7 Å². The Bertz CT molecular complexity index is 224. The van der Waals surface area contributed by atoms with E-state index in [-0.39, 0.29) is 11.4 Å². The summed E-state index contributed by atoms with van der Waals surface area (Å²) in [6.45, 7) is 10.6. The van der Waals surface area contributed by atoms with Crippen molar-refractivity contribution in [2.24, 2.45) is 0 Å². The molecule has 3 nitrogen and oxygen atoms in total. The molecule has 1 aliphatic rings. The molecule has 0 N–H and O–H groups in total. The lowest BCUT2D eigenvalue weighted by atomic mass is 9.97. The summed E-state index contributed by atoms with van der Waals surface area (Å²) >= 11 is 0. The molecule has 0 atom stereocenters. The van der Waals surface area contributed by atoms with Gasteiger partial charge in [0.05, 0.1) is 0 Å². The number of carbonyl (C=O) groups excluding carboxylic acids is 1. The highest BCUT2D eigenvalue weighted by Gasteiger charge is 2.29. The Balaban J connectivity index is 2.46. The van der Waals surface area contributed by atoms with Gasteiger partial charge in [-0.1, -0.05) is 0 Å². The van der Waals surface area contributed by atoms with Crippen molar-refractivity contribution >= 4 is 5.91 Å². The van der Waals surface area contributed by atoms with E-state index >= 15 is 0 Å². The predicted molar refractivity (Wildman–Crippen MR) is 62.8 cm³/mol. The summed E-state index contributed by atoms with van der Waals surface area (Å²) in [5, 5.41) is 0. The molecule has 3 heteroatoms. The third kappa shape index (κ3) is 3.20. The molecule has 0 bridgehead atoms. The molecule has 0 radical (unpaired) electrons. The van der Waals surface area contributed by atoms with Gasteiger partial charge in [0.15, 0.2) is 0 Å². The van der Waals surface area contributed by atoms with Gasteiger partial charge in [-0.25, -0.2) is 0 Å². The monoisotopic (exact) mass is 212 g/mol. The third-order valence-electron chi connectivity index (χ3n) is 3.46. The Morgan fingerprint density at radius 3 is 2.07 bits per heavy atom. The summed E-state index contributed by atoms with van der Waals surface area (Å²) in [5.74, 6) is 0.184. The number of rotatable bonds is 1. The molecule has 0 unspecified atom stereocenters. The maximum absolute atomic E-state index is 11.2. The highest BCUT2D eigenvalue weighted by Crippen LogP contribution is 2.22. The lowest BCUT2D eigenvalue weighted by molar-refractivity contribution is -0.130. The molecule has 0 spiro atoms. The number of carbonyl (C=O) groups is 1. The fourth-order valence-electron chi connectivity index (χ4n) is 2.18. The van der Waals surface area contributed by atoms with Gasteiger partial charge in [0, 0.05) is 38.6 Å². The number of likely N-dealkylation sites (tertiary alicyclic amines) is 1. The van der Waals surface area contributed by atoms with Gasteiger partial charge in [0.25, 0.3) is 0 Å². The van der Waals surface area contributed by atoms with Crippen LogP contribution in [-0.2, 0) is 4.79 Å². The molecule has 1 rings (SSSR count). The van der Waals surface area contributed by atoms with E-state index in [1.54, 1.807) is 6.92 Å². The fraction of sp³-hybridized carbons (Fsp3) is 0.917. The topological polar surface area (TPSA) is 23.6 Å². The first kappa shape index (κ1) is 12.5. The van der Waals surface area contributed by atoms with Crippen molar-refractivity contribution in [2.45, 2.75) is 52.1 Å². The van der Waals surface area contributed by atoms with Crippen LogP contribution in [0.25, 0.3) is 0 Å². The summed E-state index contributed by atoms with van der Waals surface area (Å²) in [4.78, 5) is 15.6. The van der Waals surface area contributed by atoms with Crippen LogP contribution in [0, 0.1) is 0 Å². The number of hydrogen-bond donors (Lipinski definition) is 0. The lowest BCUT2D eigenvalue weighted by Gasteiger charge is -2.42. The number of amides is 1. The summed E-state index contributed by atoms with van der Waals surface area (Å²) < 4.78 is 0. The summed E-state index contributed by atoms with van der Waals surface area (Å²) in [7, 11) is 1.92. The summed E-state index contributed by atoms with van der Waals surface area (Å²) in [5.41, 5.74) is 0.264. The van der Waals surface area contributed by atoms with Crippen LogP contribution in [-0.4, -0.2) is 47.4 Å². The normalized spacial score (nSPS) is 20.3. The third-order valence-corrected chi connectivity index (χ3v) is 3.46. The Morgan fingerprint density at radius 1 is 1.27 bits per heavy atom. The highest BCUT2D eigenvalue weighted by molar-refractivity contribution is 5.73. The van der Waals surface area contributed by atoms with Crippen molar-refractivity contribution in [1.82, 2.24) is 9.80 Å². The minimum Gasteiger partial charge on any atom is -0.343 e. The second-order valence-corrected chi connectivity index (χ2v) is 5.52. The van der Waals surface area contributed by atoms with Crippen molar-refractivity contribution in [3.63, 3.8) is 0 Å². The quantitative estimate of drug-likeness (QED) is 0.661. The van der Waals surface area contributed by atoms with Crippen LogP contribution >= 0.6 is 0 Å². The van der Waals surface area contributed by atoms with Crippen LogP contribution in [0.3, 0.4) is 0 Å². The van der Waals surface area contributed by atoms with E-state index in [0.29, 0.717) is 6.04 Å². The van der Waals surface area contributed by atoms with Gasteiger partial charge in [-0.3, -0.25) is 9.69 Å². The summed E-state index contributed by atoms with van der Waals surface area (Å²) in [6, 6.07) is 0.445. The minimum atomic E-state index is 0.184. The van der Waals surface area contributed by atoms with Gasteiger partial charge < -0.3 is 4.90 Å². The van der Waals surface area contributed by atoms with E-state index < -0.39 is 0 Å². The SMILES string of the molecule is CC(=O)N(C)C1CCN(C(C)(C)C)CC1. The minimum absolute atomic E-state index is 0.184. The van der Waals surface area contributed by atoms with Crippen molar-refractivity contribution in [3.8, 4) is 0 Å². The van der Waals surface area contributed by atoms with Gasteiger partial charge in [0.1, 0.15) is 0 Å². The zero-order valence-corrected chi connectivity index (χ0v) is 10.7. The van der Waals surface area contributed by atoms with E-state index in [4.69, 9.17) is 0 Å². The Hall–Kier alpha value is -0.570. The molecule has 1 saturated heterocycles. The number of hydrogen-bond acceptors (Lipinski definition) is 2.